The first kappa shape index (κ1) is 20.3. The monoisotopic (exact) mass is 431 g/mol. The highest BCUT2D eigenvalue weighted by atomic mass is 16.3. The quantitative estimate of drug-likeness (QED) is 0.686. The van der Waals surface area contributed by atoms with Crippen LogP contribution in [-0.2, 0) is 4.79 Å². The average Bonchev–Trinajstić information content (AvgIpc) is 3.49. The predicted octanol–water partition coefficient (Wildman–Crippen LogP) is 3.22. The molecular weight excluding hydrogens is 406 g/mol. The number of piperazine rings is 1. The van der Waals surface area contributed by atoms with Gasteiger partial charge in [-0.2, -0.15) is 0 Å². The molecule has 2 aromatic carbocycles. The summed E-state index contributed by atoms with van der Waals surface area (Å²) in [5.74, 6) is 0.643. The van der Waals surface area contributed by atoms with Crippen LogP contribution in [-0.4, -0.2) is 65.5 Å². The number of rotatable bonds is 4. The zero-order chi connectivity index (χ0) is 22.1. The molecule has 0 spiro atoms. The van der Waals surface area contributed by atoms with E-state index in [0.29, 0.717) is 31.8 Å². The maximum absolute atomic E-state index is 12.7. The zero-order valence-electron chi connectivity index (χ0n) is 17.7. The molecule has 2 saturated heterocycles. The third kappa shape index (κ3) is 3.99. The summed E-state index contributed by atoms with van der Waals surface area (Å²) in [5, 5.41) is 9.70. The Kier molecular flexibility index (Phi) is 5.41. The van der Waals surface area contributed by atoms with Crippen molar-refractivity contribution in [3.63, 3.8) is 0 Å². The molecule has 2 aliphatic rings. The lowest BCUT2D eigenvalue weighted by atomic mass is 10.1. The summed E-state index contributed by atoms with van der Waals surface area (Å²) in [5.41, 5.74) is 2.81. The predicted molar refractivity (Wildman–Crippen MR) is 120 cm³/mol. The van der Waals surface area contributed by atoms with Crippen LogP contribution >= 0.6 is 0 Å². The van der Waals surface area contributed by atoms with Gasteiger partial charge in [0.2, 0.25) is 5.91 Å². The molecule has 7 heteroatoms. The third-order valence-corrected chi connectivity index (χ3v) is 6.31. The zero-order valence-corrected chi connectivity index (χ0v) is 17.7. The Morgan fingerprint density at radius 1 is 0.938 bits per heavy atom. The van der Waals surface area contributed by atoms with Gasteiger partial charge in [0.1, 0.15) is 5.75 Å². The molecule has 0 bridgehead atoms. The number of carbonyl (C=O) groups excluding carboxylic acids is 2. The van der Waals surface area contributed by atoms with Crippen LogP contribution in [0.5, 0.6) is 5.75 Å². The van der Waals surface area contributed by atoms with E-state index in [2.05, 4.69) is 4.90 Å². The van der Waals surface area contributed by atoms with Gasteiger partial charge in [0.15, 0.2) is 5.76 Å². The molecule has 164 valence electrons. The summed E-state index contributed by atoms with van der Waals surface area (Å²) in [7, 11) is 0. The first-order valence-corrected chi connectivity index (χ1v) is 10.8. The fourth-order valence-electron chi connectivity index (χ4n) is 4.55. The molecule has 1 aromatic heterocycles. The molecule has 0 unspecified atom stereocenters. The maximum atomic E-state index is 12.7. The molecule has 1 atom stereocenters. The number of benzene rings is 2. The SMILES string of the molecule is O=C(c1ccco1)N1CCN([C@@H]2CC(=O)N(c3ccc(-c4cccc(O)c4)cc3)C2)CC1. The van der Waals surface area contributed by atoms with Crippen LogP contribution in [0.15, 0.2) is 71.3 Å². The van der Waals surface area contributed by atoms with Crippen LogP contribution in [0.1, 0.15) is 17.0 Å². The summed E-state index contributed by atoms with van der Waals surface area (Å²) in [4.78, 5) is 31.2. The number of nitrogens with zero attached hydrogens (tertiary/aromatic N) is 3. The van der Waals surface area contributed by atoms with Crippen LogP contribution in [0.2, 0.25) is 0 Å². The lowest BCUT2D eigenvalue weighted by Crippen LogP contribution is -2.52. The summed E-state index contributed by atoms with van der Waals surface area (Å²) in [6.45, 7) is 3.39. The molecule has 3 heterocycles. The highest BCUT2D eigenvalue weighted by Crippen LogP contribution is 2.29. The highest BCUT2D eigenvalue weighted by Gasteiger charge is 2.36. The number of hydrogen-bond acceptors (Lipinski definition) is 5. The van der Waals surface area contributed by atoms with Crippen molar-refractivity contribution in [2.24, 2.45) is 0 Å². The van der Waals surface area contributed by atoms with Crippen LogP contribution < -0.4 is 4.90 Å². The van der Waals surface area contributed by atoms with Crippen molar-refractivity contribution in [2.75, 3.05) is 37.6 Å². The fourth-order valence-corrected chi connectivity index (χ4v) is 4.55. The Morgan fingerprint density at radius 3 is 2.41 bits per heavy atom. The van der Waals surface area contributed by atoms with Gasteiger partial charge in [-0.1, -0.05) is 24.3 Å². The number of phenols is 1. The third-order valence-electron chi connectivity index (χ3n) is 6.31. The topological polar surface area (TPSA) is 77.2 Å². The molecule has 32 heavy (non-hydrogen) atoms. The number of hydrogen-bond donors (Lipinski definition) is 1. The maximum Gasteiger partial charge on any atom is 0.289 e. The van der Waals surface area contributed by atoms with E-state index in [1.807, 2.05) is 46.2 Å². The molecule has 0 saturated carbocycles. The molecule has 2 fully saturated rings. The fraction of sp³-hybridized carbons (Fsp3) is 0.280. The van der Waals surface area contributed by atoms with Gasteiger partial charge < -0.3 is 19.3 Å². The molecule has 5 rings (SSSR count). The minimum absolute atomic E-state index is 0.0781. The van der Waals surface area contributed by atoms with Crippen LogP contribution in [0.25, 0.3) is 11.1 Å². The van der Waals surface area contributed by atoms with Gasteiger partial charge in [-0.05, 0) is 47.5 Å². The van der Waals surface area contributed by atoms with Crippen molar-refractivity contribution >= 4 is 17.5 Å². The smallest absolute Gasteiger partial charge is 0.289 e. The highest BCUT2D eigenvalue weighted by molar-refractivity contribution is 5.96. The molecule has 2 amide bonds. The molecule has 7 nitrogen and oxygen atoms in total. The van der Waals surface area contributed by atoms with Crippen molar-refractivity contribution in [3.05, 3.63) is 72.7 Å². The molecular formula is C25H25N3O4. The Bertz CT molecular complexity index is 1100. The standard InChI is InChI=1S/C25H25N3O4/c29-22-4-1-3-19(15-22)18-6-8-20(9-7-18)28-17-21(16-24(28)30)26-10-12-27(13-11-26)25(31)23-5-2-14-32-23/h1-9,14-15,21,29H,10-13,16-17H2/t21-/m1/s1. The van der Waals surface area contributed by atoms with E-state index in [9.17, 15) is 14.7 Å². The summed E-state index contributed by atoms with van der Waals surface area (Å²) >= 11 is 0. The summed E-state index contributed by atoms with van der Waals surface area (Å²) in [6.07, 6.45) is 2.00. The van der Waals surface area contributed by atoms with Crippen LogP contribution in [0.4, 0.5) is 5.69 Å². The second-order valence-electron chi connectivity index (χ2n) is 8.26. The molecule has 0 aliphatic carbocycles. The summed E-state index contributed by atoms with van der Waals surface area (Å²) in [6, 6.07) is 18.6. The Labute approximate surface area is 186 Å². The van der Waals surface area contributed by atoms with Crippen molar-refractivity contribution in [3.8, 4) is 16.9 Å². The lowest BCUT2D eigenvalue weighted by Gasteiger charge is -2.37. The minimum atomic E-state index is -0.0781. The second kappa shape index (κ2) is 8.51. The van der Waals surface area contributed by atoms with Gasteiger partial charge >= 0.3 is 0 Å². The number of furan rings is 1. The number of aromatic hydroxyl groups is 1. The Morgan fingerprint density at radius 2 is 1.72 bits per heavy atom. The molecule has 2 aliphatic heterocycles. The van der Waals surface area contributed by atoms with Gasteiger partial charge in [-0.15, -0.1) is 0 Å². The van der Waals surface area contributed by atoms with Crippen LogP contribution in [0, 0.1) is 0 Å². The second-order valence-corrected chi connectivity index (χ2v) is 8.26. The van der Waals surface area contributed by atoms with E-state index in [4.69, 9.17) is 4.42 Å². The Hall–Kier alpha value is -3.58. The molecule has 3 aromatic rings. The number of phenolic OH excluding ortho intramolecular Hbond substituents is 1. The van der Waals surface area contributed by atoms with E-state index in [1.165, 1.54) is 6.26 Å². The van der Waals surface area contributed by atoms with E-state index in [-0.39, 0.29) is 23.6 Å². The largest absolute Gasteiger partial charge is 0.508 e. The number of carbonyl (C=O) groups is 2. The Balaban J connectivity index is 1.21. The van der Waals surface area contributed by atoms with E-state index >= 15 is 0 Å². The van der Waals surface area contributed by atoms with Gasteiger partial charge in [0.05, 0.1) is 6.26 Å². The number of amides is 2. The van der Waals surface area contributed by atoms with Gasteiger partial charge in [-0.25, -0.2) is 0 Å². The van der Waals surface area contributed by atoms with Gasteiger partial charge in [-0.3, -0.25) is 14.5 Å². The van der Waals surface area contributed by atoms with Gasteiger partial charge in [0, 0.05) is 50.9 Å². The van der Waals surface area contributed by atoms with Crippen LogP contribution in [0.3, 0.4) is 0 Å². The number of anilines is 1. The minimum Gasteiger partial charge on any atom is -0.508 e. The first-order valence-electron chi connectivity index (χ1n) is 10.8. The average molecular weight is 431 g/mol. The normalized spacial score (nSPS) is 19.5. The van der Waals surface area contributed by atoms with E-state index < -0.39 is 0 Å². The van der Waals surface area contributed by atoms with Crippen molar-refractivity contribution in [1.29, 1.82) is 0 Å². The van der Waals surface area contributed by atoms with E-state index in [1.54, 1.807) is 24.3 Å². The first-order chi connectivity index (χ1) is 15.6. The summed E-state index contributed by atoms with van der Waals surface area (Å²) < 4.78 is 5.23. The molecule has 1 N–H and O–H groups in total. The van der Waals surface area contributed by atoms with Crippen molar-refractivity contribution in [2.45, 2.75) is 12.5 Å². The van der Waals surface area contributed by atoms with Gasteiger partial charge in [0.25, 0.3) is 5.91 Å². The lowest BCUT2D eigenvalue weighted by molar-refractivity contribution is -0.117. The van der Waals surface area contributed by atoms with E-state index in [0.717, 1.165) is 29.9 Å². The van der Waals surface area contributed by atoms with Crippen molar-refractivity contribution in [1.82, 2.24) is 9.80 Å². The molecule has 0 radical (unpaired) electrons. The van der Waals surface area contributed by atoms with Crippen molar-refractivity contribution < 1.29 is 19.1 Å².